The number of nitrogens with zero attached hydrogens (tertiary/aromatic N) is 2. The fourth-order valence-electron chi connectivity index (χ4n) is 2.07. The zero-order valence-electron chi connectivity index (χ0n) is 10.3. The largest absolute Gasteiger partial charge is 0.386 e. The van der Waals surface area contributed by atoms with Crippen molar-refractivity contribution in [1.29, 1.82) is 0 Å². The Bertz CT molecular complexity index is 541. The molecule has 2 rings (SSSR count). The summed E-state index contributed by atoms with van der Waals surface area (Å²) in [7, 11) is 0. The van der Waals surface area contributed by atoms with Crippen molar-refractivity contribution in [3.05, 3.63) is 38.9 Å². The molecule has 0 atom stereocenters. The molecule has 1 heterocycles. The van der Waals surface area contributed by atoms with Crippen LogP contribution in [0, 0.1) is 10.1 Å². The number of carbonyl (C=O) groups is 1. The predicted molar refractivity (Wildman–Crippen MR) is 69.3 cm³/mol. The van der Waals surface area contributed by atoms with Gasteiger partial charge in [0, 0.05) is 6.07 Å². The highest BCUT2D eigenvalue weighted by atomic mass is 35.5. The molecule has 1 amide bonds. The molecule has 0 aromatic heterocycles. The number of hydrogen-bond acceptors (Lipinski definition) is 4. The van der Waals surface area contributed by atoms with E-state index in [1.807, 2.05) is 6.92 Å². The Morgan fingerprint density at radius 3 is 2.74 bits per heavy atom. The molecule has 7 heteroatoms. The lowest BCUT2D eigenvalue weighted by atomic mass is 9.90. The van der Waals surface area contributed by atoms with Crippen LogP contribution in [0.3, 0.4) is 0 Å². The number of aliphatic hydroxyl groups is 1. The number of benzene rings is 1. The van der Waals surface area contributed by atoms with E-state index >= 15 is 0 Å². The first kappa shape index (κ1) is 13.8. The monoisotopic (exact) mass is 284 g/mol. The minimum absolute atomic E-state index is 0.0474. The van der Waals surface area contributed by atoms with Gasteiger partial charge in [0.05, 0.1) is 28.6 Å². The van der Waals surface area contributed by atoms with Crippen LogP contribution < -0.4 is 0 Å². The van der Waals surface area contributed by atoms with Gasteiger partial charge >= 0.3 is 0 Å². The Hall–Kier alpha value is -1.66. The Labute approximate surface area is 114 Å². The normalized spacial score (nSPS) is 16.9. The maximum Gasteiger partial charge on any atom is 0.283 e. The van der Waals surface area contributed by atoms with Crippen molar-refractivity contribution < 1.29 is 14.8 Å². The van der Waals surface area contributed by atoms with E-state index in [1.165, 1.54) is 23.1 Å². The molecule has 0 aliphatic carbocycles. The molecule has 102 valence electrons. The molecule has 0 unspecified atom stereocenters. The number of amides is 1. The number of nitro benzene ring substituents is 1. The Morgan fingerprint density at radius 2 is 2.21 bits per heavy atom. The van der Waals surface area contributed by atoms with Crippen LogP contribution in [0.5, 0.6) is 0 Å². The van der Waals surface area contributed by atoms with Gasteiger partial charge in [-0.05, 0) is 12.5 Å². The predicted octanol–water partition coefficient (Wildman–Crippen LogP) is 1.85. The number of carbonyl (C=O) groups excluding carboxylic acids is 1. The Balaban J connectivity index is 2.28. The maximum atomic E-state index is 12.2. The van der Waals surface area contributed by atoms with Gasteiger partial charge in [0.2, 0.25) is 0 Å². The van der Waals surface area contributed by atoms with Crippen molar-refractivity contribution in [2.75, 3.05) is 13.1 Å². The number of halogens is 1. The molecular formula is C12H13ClN2O4. The number of rotatable bonds is 3. The lowest BCUT2D eigenvalue weighted by Crippen LogP contribution is -2.63. The molecule has 1 aromatic rings. The molecule has 1 aliphatic heterocycles. The number of nitro groups is 1. The summed E-state index contributed by atoms with van der Waals surface area (Å²) < 4.78 is 0. The van der Waals surface area contributed by atoms with Gasteiger partial charge < -0.3 is 10.0 Å². The van der Waals surface area contributed by atoms with Gasteiger partial charge in [0.1, 0.15) is 5.56 Å². The van der Waals surface area contributed by atoms with Crippen LogP contribution in [-0.4, -0.2) is 39.5 Å². The third kappa shape index (κ3) is 2.41. The van der Waals surface area contributed by atoms with Gasteiger partial charge in [0.15, 0.2) is 0 Å². The number of hydrogen-bond donors (Lipinski definition) is 1. The lowest BCUT2D eigenvalue weighted by Gasteiger charge is -2.46. The second kappa shape index (κ2) is 4.79. The van der Waals surface area contributed by atoms with Gasteiger partial charge in [-0.2, -0.15) is 0 Å². The maximum absolute atomic E-state index is 12.2. The molecule has 19 heavy (non-hydrogen) atoms. The Kier molecular flexibility index (Phi) is 3.47. The highest BCUT2D eigenvalue weighted by molar-refractivity contribution is 6.34. The van der Waals surface area contributed by atoms with Crippen molar-refractivity contribution >= 4 is 23.2 Å². The molecule has 1 saturated heterocycles. The standard InChI is InChI=1S/C12H13ClN2O4/c1-2-12(17)6-14(7-12)11(16)10-8(13)4-3-5-9(10)15(18)19/h3-5,17H,2,6-7H2,1H3. The van der Waals surface area contributed by atoms with Gasteiger partial charge in [0.25, 0.3) is 11.6 Å². The molecule has 1 N–H and O–H groups in total. The van der Waals surface area contributed by atoms with Gasteiger partial charge in [-0.1, -0.05) is 24.6 Å². The highest BCUT2D eigenvalue weighted by Gasteiger charge is 2.43. The zero-order chi connectivity index (χ0) is 14.2. The average molecular weight is 285 g/mol. The summed E-state index contributed by atoms with van der Waals surface area (Å²) in [6, 6.07) is 4.11. The summed E-state index contributed by atoms with van der Waals surface area (Å²) in [5.74, 6) is -0.518. The van der Waals surface area contributed by atoms with E-state index in [0.717, 1.165) is 0 Å². The third-order valence-electron chi connectivity index (χ3n) is 3.32. The van der Waals surface area contributed by atoms with Crippen LogP contribution in [0.2, 0.25) is 5.02 Å². The van der Waals surface area contributed by atoms with E-state index in [2.05, 4.69) is 0 Å². The van der Waals surface area contributed by atoms with Crippen molar-refractivity contribution in [3.63, 3.8) is 0 Å². The van der Waals surface area contributed by atoms with Crippen LogP contribution in [0.4, 0.5) is 5.69 Å². The third-order valence-corrected chi connectivity index (χ3v) is 3.63. The van der Waals surface area contributed by atoms with Gasteiger partial charge in [-0.25, -0.2) is 0 Å². The van der Waals surface area contributed by atoms with Gasteiger partial charge in [-0.3, -0.25) is 14.9 Å². The molecule has 1 aliphatic rings. The molecule has 6 nitrogen and oxygen atoms in total. The van der Waals surface area contributed by atoms with Crippen LogP contribution in [0.25, 0.3) is 0 Å². The summed E-state index contributed by atoms with van der Waals surface area (Å²) in [6.45, 7) is 2.16. The van der Waals surface area contributed by atoms with Gasteiger partial charge in [-0.15, -0.1) is 0 Å². The minimum Gasteiger partial charge on any atom is -0.386 e. The van der Waals surface area contributed by atoms with Crippen molar-refractivity contribution in [3.8, 4) is 0 Å². The summed E-state index contributed by atoms with van der Waals surface area (Å²) in [5.41, 5.74) is -1.32. The van der Waals surface area contributed by atoms with Crippen LogP contribution >= 0.6 is 11.6 Å². The highest BCUT2D eigenvalue weighted by Crippen LogP contribution is 2.32. The van der Waals surface area contributed by atoms with Crippen molar-refractivity contribution in [1.82, 2.24) is 4.90 Å². The number of β-amino-alcohol motifs (C(OH)–C–C–N with tert-alkyl or cyclic N) is 1. The van der Waals surface area contributed by atoms with E-state index in [0.29, 0.717) is 6.42 Å². The van der Waals surface area contributed by atoms with Crippen LogP contribution in [0.1, 0.15) is 23.7 Å². The van der Waals surface area contributed by atoms with E-state index in [9.17, 15) is 20.0 Å². The summed E-state index contributed by atoms with van der Waals surface area (Å²) in [5, 5.41) is 20.8. The van der Waals surface area contributed by atoms with E-state index in [-0.39, 0.29) is 29.4 Å². The van der Waals surface area contributed by atoms with Crippen LogP contribution in [0.15, 0.2) is 18.2 Å². The first-order valence-corrected chi connectivity index (χ1v) is 6.20. The average Bonchev–Trinajstić information content (AvgIpc) is 2.33. The molecular weight excluding hydrogens is 272 g/mol. The second-order valence-electron chi connectivity index (χ2n) is 4.63. The fraction of sp³-hybridized carbons (Fsp3) is 0.417. The smallest absolute Gasteiger partial charge is 0.283 e. The molecule has 1 fully saturated rings. The topological polar surface area (TPSA) is 83.7 Å². The quantitative estimate of drug-likeness (QED) is 0.678. The van der Waals surface area contributed by atoms with E-state index in [1.54, 1.807) is 0 Å². The molecule has 0 bridgehead atoms. The lowest BCUT2D eigenvalue weighted by molar-refractivity contribution is -0.385. The van der Waals surface area contributed by atoms with Crippen LogP contribution in [-0.2, 0) is 0 Å². The van der Waals surface area contributed by atoms with E-state index in [4.69, 9.17) is 11.6 Å². The number of likely N-dealkylation sites (tertiary alicyclic amines) is 1. The molecule has 0 saturated carbocycles. The second-order valence-corrected chi connectivity index (χ2v) is 5.04. The summed E-state index contributed by atoms with van der Waals surface area (Å²) in [6.07, 6.45) is 0.529. The van der Waals surface area contributed by atoms with Crippen molar-refractivity contribution in [2.45, 2.75) is 18.9 Å². The SMILES string of the molecule is CCC1(O)CN(C(=O)c2c(Cl)cccc2[N+](=O)[O-])C1. The van der Waals surface area contributed by atoms with Crippen molar-refractivity contribution in [2.24, 2.45) is 0 Å². The summed E-state index contributed by atoms with van der Waals surface area (Å²) >= 11 is 5.88. The zero-order valence-corrected chi connectivity index (χ0v) is 11.1. The fourth-order valence-corrected chi connectivity index (χ4v) is 2.32. The first-order valence-electron chi connectivity index (χ1n) is 5.82. The molecule has 1 aromatic carbocycles. The first-order chi connectivity index (χ1) is 8.88. The Morgan fingerprint density at radius 1 is 1.58 bits per heavy atom. The minimum atomic E-state index is -0.883. The molecule has 0 radical (unpaired) electrons. The summed E-state index contributed by atoms with van der Waals surface area (Å²) in [4.78, 5) is 23.8. The van der Waals surface area contributed by atoms with E-state index < -0.39 is 16.4 Å². The molecule has 0 spiro atoms.